The van der Waals surface area contributed by atoms with Crippen LogP contribution in [0.3, 0.4) is 0 Å². The normalized spacial score (nSPS) is 22.0. The summed E-state index contributed by atoms with van der Waals surface area (Å²) in [6.07, 6.45) is 24.8. The van der Waals surface area contributed by atoms with Crippen LogP contribution in [-0.2, 0) is 38.5 Å². The van der Waals surface area contributed by atoms with Gasteiger partial charge in [0.05, 0.1) is 29.8 Å². The summed E-state index contributed by atoms with van der Waals surface area (Å²) >= 11 is 10.3. The number of nitrogens with zero attached hydrogens (tertiary/aromatic N) is 3. The van der Waals surface area contributed by atoms with E-state index in [0.29, 0.717) is 27.8 Å². The van der Waals surface area contributed by atoms with Crippen LogP contribution in [-0.4, -0.2) is 80.6 Å². The molecule has 0 spiro atoms. The first-order valence-corrected chi connectivity index (χ1v) is 31.5. The first-order valence-electron chi connectivity index (χ1n) is 30.3. The minimum atomic E-state index is -0.923. The van der Waals surface area contributed by atoms with Crippen LogP contribution in [0, 0.1) is 0 Å². The highest BCUT2D eigenvalue weighted by molar-refractivity contribution is 9.10. The van der Waals surface area contributed by atoms with E-state index in [-0.39, 0.29) is 0 Å². The fraction of sp³-hybridized carbons (Fsp3) is 0.426. The number of rotatable bonds is 4. The summed E-state index contributed by atoms with van der Waals surface area (Å²) in [6, 6.07) is 18.3. The van der Waals surface area contributed by atoms with Gasteiger partial charge in [-0.3, -0.25) is 0 Å². The zero-order valence-electron chi connectivity index (χ0n) is 45.8. The number of anilines is 2. The molecular formula is C68H70BrClN4O6+2. The van der Waals surface area contributed by atoms with Crippen molar-refractivity contribution in [3.63, 3.8) is 0 Å². The Balaban J connectivity index is 0.000000138. The number of carboxylic acid groups (broad SMARTS) is 2. The van der Waals surface area contributed by atoms with E-state index in [1.807, 2.05) is 18.2 Å². The molecule has 0 saturated carbocycles. The van der Waals surface area contributed by atoms with Gasteiger partial charge in [0.15, 0.2) is 0 Å². The lowest BCUT2D eigenvalue weighted by Gasteiger charge is -2.41. The van der Waals surface area contributed by atoms with Gasteiger partial charge < -0.3 is 34.4 Å². The van der Waals surface area contributed by atoms with Crippen LogP contribution in [0.4, 0.5) is 11.4 Å². The smallest absolute Gasteiger partial charge is 0.336 e. The number of aromatic carboxylic acids is 2. The number of halogens is 2. The Kier molecular flexibility index (Phi) is 12.9. The molecule has 11 aliphatic rings. The number of benzene rings is 5. The molecule has 2 saturated heterocycles. The SMILES string of the molecule is O=C(O)c1ccc(Br)cc1C1=c2cc3c4c(c2Oc2c1cc1c5c2CCCN5CCCC1)CCC[N+]=4CCCC3.O=C(O)c1ccc(Cl)cc1C1=C2C=C3CCCC[NH+]4CCCC(=C2Oc2c1cc1c5c2CCCN5CCCC1)C34. The molecule has 2 fully saturated rings. The number of fused-ring (bicyclic) bond motifs is 7. The molecule has 2 unspecified atom stereocenters. The van der Waals surface area contributed by atoms with E-state index in [1.54, 1.807) is 23.1 Å². The van der Waals surface area contributed by atoms with Gasteiger partial charge in [-0.1, -0.05) is 27.5 Å². The summed E-state index contributed by atoms with van der Waals surface area (Å²) in [5.41, 5.74) is 21.1. The van der Waals surface area contributed by atoms with Crippen LogP contribution < -0.4 is 39.3 Å². The van der Waals surface area contributed by atoms with E-state index in [2.05, 4.69) is 54.6 Å². The highest BCUT2D eigenvalue weighted by Crippen LogP contribution is 2.54. The molecule has 10 aliphatic heterocycles. The van der Waals surface area contributed by atoms with E-state index in [9.17, 15) is 19.8 Å². The van der Waals surface area contributed by atoms with Gasteiger partial charge in [-0.2, -0.15) is 0 Å². The number of carboxylic acids is 2. The fourth-order valence-electron chi connectivity index (χ4n) is 16.5. The molecule has 1 aliphatic carbocycles. The van der Waals surface area contributed by atoms with Crippen molar-refractivity contribution >= 4 is 62.0 Å². The average Bonchev–Trinajstić information content (AvgIpc) is 3.60. The maximum atomic E-state index is 12.6. The summed E-state index contributed by atoms with van der Waals surface area (Å²) in [5.74, 6) is 2.06. The lowest BCUT2D eigenvalue weighted by Crippen LogP contribution is -3.16. The minimum Gasteiger partial charge on any atom is -0.478 e. The number of hydrogen-bond acceptors (Lipinski definition) is 6. The Morgan fingerprint density at radius 1 is 0.575 bits per heavy atom. The van der Waals surface area contributed by atoms with Crippen molar-refractivity contribution < 1.29 is 34.2 Å². The molecule has 10 nitrogen and oxygen atoms in total. The summed E-state index contributed by atoms with van der Waals surface area (Å²) < 4.78 is 17.8. The molecule has 80 heavy (non-hydrogen) atoms. The molecule has 0 aromatic heterocycles. The number of quaternary nitrogens is 1. The minimum absolute atomic E-state index is 0.298. The van der Waals surface area contributed by atoms with Gasteiger partial charge >= 0.3 is 11.9 Å². The molecular weight excluding hydrogens is 1080 g/mol. The molecule has 16 rings (SSSR count). The van der Waals surface area contributed by atoms with E-state index in [4.69, 9.17) is 21.1 Å². The van der Waals surface area contributed by atoms with E-state index in [1.165, 1.54) is 132 Å². The first kappa shape index (κ1) is 50.8. The second kappa shape index (κ2) is 20.4. The molecule has 0 radical (unpaired) electrons. The van der Waals surface area contributed by atoms with E-state index in [0.717, 1.165) is 176 Å². The van der Waals surface area contributed by atoms with Crippen molar-refractivity contribution in [1.82, 2.24) is 4.58 Å². The highest BCUT2D eigenvalue weighted by atomic mass is 79.9. The van der Waals surface area contributed by atoms with Gasteiger partial charge in [-0.25, -0.2) is 14.2 Å². The van der Waals surface area contributed by atoms with Crippen molar-refractivity contribution in [2.75, 3.05) is 62.2 Å². The summed E-state index contributed by atoms with van der Waals surface area (Å²) in [4.78, 5) is 32.1. The lowest BCUT2D eigenvalue weighted by molar-refractivity contribution is -0.917. The van der Waals surface area contributed by atoms with Crippen molar-refractivity contribution in [2.45, 2.75) is 134 Å². The summed E-state index contributed by atoms with van der Waals surface area (Å²) in [5, 5.41) is 23.7. The van der Waals surface area contributed by atoms with Crippen molar-refractivity contribution in [2.24, 2.45) is 0 Å². The third kappa shape index (κ3) is 8.35. The van der Waals surface area contributed by atoms with Crippen molar-refractivity contribution in [3.8, 4) is 17.2 Å². The molecule has 0 amide bonds. The predicted molar refractivity (Wildman–Crippen MR) is 318 cm³/mol. The molecule has 0 bridgehead atoms. The van der Waals surface area contributed by atoms with Crippen LogP contribution in [0.25, 0.3) is 11.1 Å². The number of piperidine rings is 1. The maximum Gasteiger partial charge on any atom is 0.336 e. The standard InChI is InChI=1S/C34H33BrN2O3.C34H35ClN2O3/c2*35-22-11-12-23(34(38)39)26(19-22)29-27-17-20-7-1-3-13-36-15-5-9-24(30(20)36)32(27)40-33-25-10-6-16-37-14-4-2-8-21(31(25)37)18-28(29)33/h11-12,17-19H,1-10,13-16H2;11-12,17-19,30H,1-10,13-16H2,(H,38,39)/p+2. The Bertz CT molecular complexity index is 3780. The number of nitrogens with one attached hydrogen (secondary N) is 1. The van der Waals surface area contributed by atoms with Crippen LogP contribution >= 0.6 is 27.5 Å². The number of hydrogen-bond donors (Lipinski definition) is 3. The van der Waals surface area contributed by atoms with Crippen LogP contribution in [0.15, 0.2) is 87.6 Å². The van der Waals surface area contributed by atoms with Gasteiger partial charge in [0, 0.05) is 122 Å². The van der Waals surface area contributed by atoms with Gasteiger partial charge in [0.2, 0.25) is 5.36 Å². The molecule has 2 atom stereocenters. The van der Waals surface area contributed by atoms with Crippen LogP contribution in [0.2, 0.25) is 5.02 Å². The largest absolute Gasteiger partial charge is 0.478 e. The highest BCUT2D eigenvalue weighted by Gasteiger charge is 2.45. The second-order valence-corrected chi connectivity index (χ2v) is 25.8. The Morgan fingerprint density at radius 3 is 1.93 bits per heavy atom. The fourth-order valence-corrected chi connectivity index (χ4v) is 17.1. The molecule has 5 aromatic carbocycles. The van der Waals surface area contributed by atoms with Crippen molar-refractivity contribution in [1.29, 1.82) is 0 Å². The number of aryl methyl sites for hydroxylation is 3. The van der Waals surface area contributed by atoms with Gasteiger partial charge in [0.25, 0.3) is 0 Å². The second-order valence-electron chi connectivity index (χ2n) is 24.4. The molecule has 10 heterocycles. The topological polar surface area (TPSA) is 107 Å². The van der Waals surface area contributed by atoms with Crippen LogP contribution in [0.1, 0.15) is 166 Å². The van der Waals surface area contributed by atoms with E-state index < -0.39 is 11.9 Å². The van der Waals surface area contributed by atoms with Crippen molar-refractivity contribution in [3.05, 3.63) is 170 Å². The quantitative estimate of drug-likeness (QED) is 0.150. The predicted octanol–water partition coefficient (Wildman–Crippen LogP) is 11.1. The van der Waals surface area contributed by atoms with Gasteiger partial charge in [0.1, 0.15) is 42.1 Å². The Hall–Kier alpha value is -6.14. The average molecular weight is 1150 g/mol. The third-order valence-electron chi connectivity index (χ3n) is 19.8. The summed E-state index contributed by atoms with van der Waals surface area (Å²) in [7, 11) is 0. The number of ether oxygens (including phenoxy) is 2. The van der Waals surface area contributed by atoms with Crippen LogP contribution in [0.5, 0.6) is 17.2 Å². The molecule has 12 heteroatoms. The zero-order chi connectivity index (χ0) is 53.9. The zero-order valence-corrected chi connectivity index (χ0v) is 48.1. The molecule has 3 N–H and O–H groups in total. The molecule has 410 valence electrons. The van der Waals surface area contributed by atoms with Gasteiger partial charge in [-0.15, -0.1) is 0 Å². The Labute approximate surface area is 481 Å². The first-order chi connectivity index (χ1) is 39.2. The monoisotopic (exact) mass is 1150 g/mol. The Morgan fingerprint density at radius 2 is 1.19 bits per heavy atom. The third-order valence-corrected chi connectivity index (χ3v) is 20.5. The maximum absolute atomic E-state index is 12.6. The van der Waals surface area contributed by atoms with E-state index >= 15 is 0 Å². The lowest BCUT2D eigenvalue weighted by atomic mass is 9.76. The molecule has 5 aromatic rings. The number of allylic oxidation sites excluding steroid dienone is 1. The number of carbonyl (C=O) groups is 2. The van der Waals surface area contributed by atoms with Gasteiger partial charge in [-0.05, 0) is 198 Å². The summed E-state index contributed by atoms with van der Waals surface area (Å²) in [6.45, 7) is 9.06.